The molecule has 0 aromatic rings. The van der Waals surface area contributed by atoms with Gasteiger partial charge in [0, 0.05) is 0 Å². The Bertz CT molecular complexity index is 15.5. The molecule has 0 radical (unpaired) electrons. The molecule has 6 heavy (non-hydrogen) atoms. The summed E-state index contributed by atoms with van der Waals surface area (Å²) >= 11 is 0. The minimum atomic E-state index is 0. The molecule has 0 aliphatic heterocycles. The third-order valence-corrected chi connectivity index (χ3v) is 0. The molecule has 0 aliphatic carbocycles. The van der Waals surface area contributed by atoms with E-state index in [4.69, 9.17) is 0 Å². The Morgan fingerprint density at radius 3 is 1.00 bits per heavy atom. The van der Waals surface area contributed by atoms with Gasteiger partial charge >= 0.3 is 29.6 Å². The number of hydrogen-bond acceptors (Lipinski definition) is 0. The van der Waals surface area contributed by atoms with Gasteiger partial charge in [0.15, 0.2) is 0 Å². The maximum atomic E-state index is 2.23. The first-order valence-corrected chi connectivity index (χ1v) is 4.02. The second-order valence-corrected chi connectivity index (χ2v) is 4.02. The summed E-state index contributed by atoms with van der Waals surface area (Å²) in [5, 5.41) is 0. The monoisotopic (exact) mass is 134 g/mol. The van der Waals surface area contributed by atoms with Gasteiger partial charge in [-0.05, 0) is 20.0 Å². The molecule has 0 aromatic heterocycles. The fourth-order valence-corrected chi connectivity index (χ4v) is 0. The molecule has 0 bridgehead atoms. The van der Waals surface area contributed by atoms with Crippen molar-refractivity contribution >= 4 is 7.92 Å². The van der Waals surface area contributed by atoms with Crippen molar-refractivity contribution in [1.82, 2.24) is 0 Å². The van der Waals surface area contributed by atoms with Crippen molar-refractivity contribution in [3.05, 3.63) is 0 Å². The summed E-state index contributed by atoms with van der Waals surface area (Å²) in [6.07, 6.45) is 0. The van der Waals surface area contributed by atoms with Gasteiger partial charge in [-0.2, -0.15) is 0 Å². The van der Waals surface area contributed by atoms with E-state index in [1.165, 1.54) is 0 Å². The van der Waals surface area contributed by atoms with E-state index in [1.807, 2.05) is 0 Å². The van der Waals surface area contributed by atoms with Crippen LogP contribution in [0.25, 0.3) is 0 Å². The summed E-state index contributed by atoms with van der Waals surface area (Å²) in [7, 11) is 0.380. The second kappa shape index (κ2) is 9.87. The van der Waals surface area contributed by atoms with Crippen molar-refractivity contribution in [1.29, 1.82) is 0 Å². The third kappa shape index (κ3) is 43.1. The van der Waals surface area contributed by atoms with Crippen molar-refractivity contribution in [2.24, 2.45) is 0 Å². The van der Waals surface area contributed by atoms with Crippen LogP contribution < -0.4 is 42.0 Å². The number of halogens is 1. The molecule has 0 unspecified atom stereocenters. The van der Waals surface area contributed by atoms with Crippen molar-refractivity contribution in [2.75, 3.05) is 20.0 Å². The summed E-state index contributed by atoms with van der Waals surface area (Å²) in [4.78, 5) is 0. The Balaban J connectivity index is -0.0000000450. The maximum Gasteiger partial charge on any atom is 1.00 e. The van der Waals surface area contributed by atoms with Crippen LogP contribution in [0.4, 0.5) is 0 Å². The summed E-state index contributed by atoms with van der Waals surface area (Å²) < 4.78 is 0. The summed E-state index contributed by atoms with van der Waals surface area (Å²) in [6, 6.07) is 0. The van der Waals surface area contributed by atoms with Crippen molar-refractivity contribution in [3.8, 4) is 0 Å². The van der Waals surface area contributed by atoms with Crippen LogP contribution in [0.15, 0.2) is 0 Å². The quantitative estimate of drug-likeness (QED) is 0.231. The Hall–Kier alpha value is 1.72. The molecule has 0 fully saturated rings. The van der Waals surface area contributed by atoms with Crippen molar-refractivity contribution in [2.45, 2.75) is 0 Å². The van der Waals surface area contributed by atoms with Crippen LogP contribution in [-0.4, -0.2) is 20.0 Å². The van der Waals surface area contributed by atoms with Gasteiger partial charge in [-0.1, -0.05) is 0 Å². The summed E-state index contributed by atoms with van der Waals surface area (Å²) in [5.74, 6) is 0. The van der Waals surface area contributed by atoms with Crippen LogP contribution in [0.1, 0.15) is 0 Å². The first-order chi connectivity index (χ1) is 1.73. The first-order valence-electron chi connectivity index (χ1n) is 1.34. The number of rotatable bonds is 0. The van der Waals surface area contributed by atoms with E-state index < -0.39 is 0 Å². The number of hydrogen-bond donors (Lipinski definition) is 0. The van der Waals surface area contributed by atoms with Crippen LogP contribution in [-0.2, 0) is 0 Å². The average molecular weight is 135 g/mol. The van der Waals surface area contributed by atoms with E-state index >= 15 is 0 Å². The Morgan fingerprint density at radius 1 is 1.00 bits per heavy atom. The molecule has 0 nitrogen and oxygen atoms in total. The smallest absolute Gasteiger partial charge is 1.00 e. The second-order valence-electron chi connectivity index (χ2n) is 1.34. The Morgan fingerprint density at radius 2 is 1.00 bits per heavy atom. The molecule has 0 heterocycles. The van der Waals surface area contributed by atoms with Gasteiger partial charge in [-0.3, -0.25) is 0 Å². The van der Waals surface area contributed by atoms with Gasteiger partial charge < -0.3 is 12.4 Å². The van der Waals surface area contributed by atoms with Crippen LogP contribution >= 0.6 is 7.92 Å². The molecule has 0 aliphatic rings. The van der Waals surface area contributed by atoms with Gasteiger partial charge in [-0.15, -0.1) is 7.92 Å². The largest absolute Gasteiger partial charge is 1.00 e. The standard InChI is InChI=1S/C3H9P.ClH.Na/c1-4(2)3;;/h1-3H3;1H;/q;;+1/p-1. The SMILES string of the molecule is CP(C)C.[Cl-].[Na+]. The molecule has 34 valence electrons. The topological polar surface area (TPSA) is 0 Å². The van der Waals surface area contributed by atoms with Gasteiger partial charge in [0.1, 0.15) is 0 Å². The van der Waals surface area contributed by atoms with Gasteiger partial charge in [0.05, 0.1) is 0 Å². The van der Waals surface area contributed by atoms with Crippen LogP contribution in [0.5, 0.6) is 0 Å². The van der Waals surface area contributed by atoms with E-state index in [2.05, 4.69) is 20.0 Å². The van der Waals surface area contributed by atoms with Gasteiger partial charge in [0.25, 0.3) is 0 Å². The van der Waals surface area contributed by atoms with Gasteiger partial charge in [0.2, 0.25) is 0 Å². The predicted octanol–water partition coefficient (Wildman–Crippen LogP) is -4.63. The molecule has 0 amide bonds. The van der Waals surface area contributed by atoms with Crippen molar-refractivity contribution < 1.29 is 42.0 Å². The fraction of sp³-hybridized carbons (Fsp3) is 1.00. The van der Waals surface area contributed by atoms with E-state index in [1.54, 1.807) is 0 Å². The van der Waals surface area contributed by atoms with Crippen molar-refractivity contribution in [3.63, 3.8) is 0 Å². The molecule has 0 N–H and O–H groups in total. The zero-order valence-corrected chi connectivity index (χ0v) is 8.48. The molecule has 0 saturated carbocycles. The zero-order chi connectivity index (χ0) is 3.58. The molecule has 0 rings (SSSR count). The van der Waals surface area contributed by atoms with E-state index in [9.17, 15) is 0 Å². The summed E-state index contributed by atoms with van der Waals surface area (Å²) in [6.45, 7) is 6.69. The maximum absolute atomic E-state index is 2.23. The molecule has 0 saturated heterocycles. The van der Waals surface area contributed by atoms with Crippen LogP contribution in [0, 0.1) is 0 Å². The molecule has 3 heteroatoms. The predicted molar refractivity (Wildman–Crippen MR) is 24.7 cm³/mol. The van der Waals surface area contributed by atoms with E-state index in [0.29, 0.717) is 7.92 Å². The summed E-state index contributed by atoms with van der Waals surface area (Å²) in [5.41, 5.74) is 0. The zero-order valence-electron chi connectivity index (χ0n) is 4.83. The minimum absolute atomic E-state index is 0. The van der Waals surface area contributed by atoms with E-state index in [-0.39, 0.29) is 42.0 Å². The molecular weight excluding hydrogens is 125 g/mol. The average Bonchev–Trinajstić information content (AvgIpc) is 0.811. The van der Waals surface area contributed by atoms with Crippen LogP contribution in [0.3, 0.4) is 0 Å². The van der Waals surface area contributed by atoms with Gasteiger partial charge in [-0.25, -0.2) is 0 Å². The fourth-order valence-electron chi connectivity index (χ4n) is 0. The molecular formula is C3H9ClNaP. The third-order valence-electron chi connectivity index (χ3n) is 0. The van der Waals surface area contributed by atoms with Crippen LogP contribution in [0.2, 0.25) is 0 Å². The Labute approximate surface area is 69.5 Å². The minimum Gasteiger partial charge on any atom is -1.00 e. The normalized spacial score (nSPS) is 6.00. The van der Waals surface area contributed by atoms with E-state index in [0.717, 1.165) is 0 Å². The molecule has 0 aromatic carbocycles. The Kier molecular flexibility index (Phi) is 25.7. The molecule has 0 atom stereocenters. The first kappa shape index (κ1) is 15.6. The molecule has 0 spiro atoms.